The number of halogens is 2. The van der Waals surface area contributed by atoms with Crippen molar-refractivity contribution < 1.29 is 36.6 Å². The number of ether oxygens (including phenoxy) is 3. The molecule has 44 heavy (non-hydrogen) atoms. The molecule has 4 rings (SSSR count). The van der Waals surface area contributed by atoms with Crippen molar-refractivity contribution in [3.63, 3.8) is 0 Å². The Morgan fingerprint density at radius 3 is 1.68 bits per heavy atom. The lowest BCUT2D eigenvalue weighted by Gasteiger charge is -2.37. The van der Waals surface area contributed by atoms with Crippen LogP contribution >= 0.6 is 7.60 Å². The van der Waals surface area contributed by atoms with Gasteiger partial charge in [0, 0.05) is 6.54 Å². The molecule has 1 saturated heterocycles. The van der Waals surface area contributed by atoms with E-state index in [-0.39, 0.29) is 46.2 Å². The third-order valence-corrected chi connectivity index (χ3v) is 9.62. The average molecular weight is 630 g/mol. The van der Waals surface area contributed by atoms with Crippen molar-refractivity contribution in [2.75, 3.05) is 26.4 Å². The van der Waals surface area contributed by atoms with Gasteiger partial charge in [-0.25, -0.2) is 0 Å². The number of rotatable bonds is 18. The summed E-state index contributed by atoms with van der Waals surface area (Å²) < 4.78 is 76.9. The van der Waals surface area contributed by atoms with Crippen LogP contribution in [-0.4, -0.2) is 61.2 Å². The van der Waals surface area contributed by atoms with E-state index in [1.807, 2.05) is 91.0 Å². The summed E-state index contributed by atoms with van der Waals surface area (Å²) in [6.07, 6.45) is -0.580. The van der Waals surface area contributed by atoms with Gasteiger partial charge in [0.05, 0.1) is 45.7 Å². The summed E-state index contributed by atoms with van der Waals surface area (Å²) in [5, 5.41) is 0. The first-order valence-electron chi connectivity index (χ1n) is 14.9. The fraction of sp³-hybridized carbons (Fsp3) is 0.412. The normalized spacial score (nSPS) is 21.0. The monoisotopic (exact) mass is 629 g/mol. The predicted octanol–water partition coefficient (Wildman–Crippen LogP) is 7.47. The first-order valence-corrected chi connectivity index (χ1v) is 16.4. The van der Waals surface area contributed by atoms with Crippen LogP contribution in [0.3, 0.4) is 0 Å². The van der Waals surface area contributed by atoms with Crippen molar-refractivity contribution >= 4 is 7.60 Å². The van der Waals surface area contributed by atoms with Crippen LogP contribution in [0, 0.1) is 0 Å². The number of alkyl halides is 2. The molecule has 0 saturated carbocycles. The van der Waals surface area contributed by atoms with E-state index in [1.165, 1.54) is 24.8 Å². The van der Waals surface area contributed by atoms with Crippen LogP contribution in [0.15, 0.2) is 104 Å². The van der Waals surface area contributed by atoms with Gasteiger partial charge < -0.3 is 23.3 Å². The van der Waals surface area contributed by atoms with E-state index in [4.69, 9.17) is 23.3 Å². The molecule has 0 spiro atoms. The average Bonchev–Trinajstić information content (AvgIpc) is 3.33. The minimum absolute atomic E-state index is 0.0360. The minimum atomic E-state index is -4.95. The van der Waals surface area contributed by atoms with Crippen LogP contribution in [0.4, 0.5) is 8.78 Å². The second kappa shape index (κ2) is 16.5. The maximum absolute atomic E-state index is 16.8. The lowest BCUT2D eigenvalue weighted by atomic mass is 10.1. The van der Waals surface area contributed by atoms with Gasteiger partial charge >= 0.3 is 13.3 Å². The molecular weight excluding hydrogens is 587 g/mol. The highest BCUT2D eigenvalue weighted by atomic mass is 31.2. The molecule has 1 heterocycles. The molecule has 1 fully saturated rings. The van der Waals surface area contributed by atoms with Gasteiger partial charge in [0.2, 0.25) is 0 Å². The summed E-state index contributed by atoms with van der Waals surface area (Å²) in [5.74, 6) is 0. The lowest BCUT2D eigenvalue weighted by molar-refractivity contribution is -0.113. The standard InChI is InChI=1S/C34H42F2NO6P/c1-4-22-37-30(26-39-23-27-16-10-7-11-17-27)31(40-24-28-18-12-8-13-19-28)32(41-25-29-20-14-9-15-21-29)33(37)34(35,36)44(38,42-5-2)43-6-3/h4,7-21,30-33H,1,5-6,22-26H2,2-3H3/t30-,31+,32-,33-/m0/s1. The van der Waals surface area contributed by atoms with Gasteiger partial charge in [-0.15, -0.1) is 6.58 Å². The summed E-state index contributed by atoms with van der Waals surface area (Å²) in [4.78, 5) is 1.52. The lowest BCUT2D eigenvalue weighted by Crippen LogP contribution is -2.52. The molecule has 0 aromatic heterocycles. The molecular formula is C34H42F2NO6P. The molecule has 7 nitrogen and oxygen atoms in total. The summed E-state index contributed by atoms with van der Waals surface area (Å²) in [6, 6.07) is 25.9. The Morgan fingerprint density at radius 1 is 0.773 bits per heavy atom. The SMILES string of the molecule is C=CCN1[C@H](C(F)(F)P(=O)(OCC)OCC)[C@@H](OCc2ccccc2)[C@H](OCc2ccccc2)[C@@H]1COCc1ccccc1. The Balaban J connectivity index is 1.75. The van der Waals surface area contributed by atoms with E-state index in [9.17, 15) is 4.57 Å². The third-order valence-electron chi connectivity index (χ3n) is 7.43. The van der Waals surface area contributed by atoms with Crippen LogP contribution in [-0.2, 0) is 47.6 Å². The zero-order valence-electron chi connectivity index (χ0n) is 25.3. The second-order valence-electron chi connectivity index (χ2n) is 10.4. The van der Waals surface area contributed by atoms with E-state index in [2.05, 4.69) is 6.58 Å². The van der Waals surface area contributed by atoms with Crippen LogP contribution in [0.25, 0.3) is 0 Å². The Labute approximate surface area is 259 Å². The maximum atomic E-state index is 16.8. The number of hydrogen-bond acceptors (Lipinski definition) is 7. The Hall–Kier alpha value is -2.75. The van der Waals surface area contributed by atoms with E-state index in [0.29, 0.717) is 0 Å². The zero-order chi connectivity index (χ0) is 31.4. The quantitative estimate of drug-likeness (QED) is 0.107. The van der Waals surface area contributed by atoms with Gasteiger partial charge in [-0.3, -0.25) is 9.46 Å². The Morgan fingerprint density at radius 2 is 1.23 bits per heavy atom. The number of likely N-dealkylation sites (tertiary alicyclic amines) is 1. The maximum Gasteiger partial charge on any atom is 0.401 e. The van der Waals surface area contributed by atoms with E-state index in [0.717, 1.165) is 16.7 Å². The van der Waals surface area contributed by atoms with E-state index in [1.54, 1.807) is 0 Å². The van der Waals surface area contributed by atoms with Crippen LogP contribution in [0.2, 0.25) is 0 Å². The van der Waals surface area contributed by atoms with Crippen molar-refractivity contribution in [3.05, 3.63) is 120 Å². The van der Waals surface area contributed by atoms with E-state index < -0.39 is 37.6 Å². The van der Waals surface area contributed by atoms with Gasteiger partial charge in [-0.05, 0) is 30.5 Å². The molecule has 10 heteroatoms. The number of nitrogens with zero attached hydrogens (tertiary/aromatic N) is 1. The number of benzene rings is 3. The molecule has 0 amide bonds. The van der Waals surface area contributed by atoms with Crippen molar-refractivity contribution in [2.24, 2.45) is 0 Å². The summed E-state index contributed by atoms with van der Waals surface area (Å²) in [5.41, 5.74) is -1.35. The van der Waals surface area contributed by atoms with Crippen molar-refractivity contribution in [2.45, 2.75) is 63.6 Å². The molecule has 0 aliphatic carbocycles. The highest BCUT2D eigenvalue weighted by Crippen LogP contribution is 2.65. The molecule has 0 radical (unpaired) electrons. The smallest absolute Gasteiger partial charge is 0.375 e. The van der Waals surface area contributed by atoms with Gasteiger partial charge in [0.15, 0.2) is 0 Å². The first kappa shape index (κ1) is 34.1. The summed E-state index contributed by atoms with van der Waals surface area (Å²) >= 11 is 0. The predicted molar refractivity (Wildman–Crippen MR) is 166 cm³/mol. The minimum Gasteiger partial charge on any atom is -0.375 e. The fourth-order valence-electron chi connectivity index (χ4n) is 5.48. The molecule has 0 unspecified atom stereocenters. The van der Waals surface area contributed by atoms with Gasteiger partial charge in [-0.1, -0.05) is 97.1 Å². The Kier molecular flexibility index (Phi) is 12.8. The summed E-state index contributed by atoms with van der Waals surface area (Å²) in [7, 11) is -4.95. The zero-order valence-corrected chi connectivity index (χ0v) is 26.2. The van der Waals surface area contributed by atoms with Crippen LogP contribution in [0.1, 0.15) is 30.5 Å². The van der Waals surface area contributed by atoms with Gasteiger partial charge in [-0.2, -0.15) is 8.78 Å². The van der Waals surface area contributed by atoms with Crippen molar-refractivity contribution in [1.82, 2.24) is 4.90 Å². The molecule has 238 valence electrons. The highest BCUT2D eigenvalue weighted by Gasteiger charge is 2.68. The van der Waals surface area contributed by atoms with Crippen molar-refractivity contribution in [1.29, 1.82) is 0 Å². The Bertz CT molecular complexity index is 1310. The van der Waals surface area contributed by atoms with E-state index >= 15 is 8.78 Å². The molecule has 3 aromatic carbocycles. The molecule has 0 N–H and O–H groups in total. The van der Waals surface area contributed by atoms with Gasteiger partial charge in [0.1, 0.15) is 18.2 Å². The summed E-state index contributed by atoms with van der Waals surface area (Å²) in [6.45, 7) is 6.97. The molecule has 4 atom stereocenters. The second-order valence-corrected chi connectivity index (χ2v) is 12.5. The van der Waals surface area contributed by atoms with Crippen LogP contribution in [0.5, 0.6) is 0 Å². The molecule has 3 aromatic rings. The fourth-order valence-corrected chi connectivity index (χ4v) is 7.19. The van der Waals surface area contributed by atoms with Crippen molar-refractivity contribution in [3.8, 4) is 0 Å². The largest absolute Gasteiger partial charge is 0.401 e. The first-order chi connectivity index (χ1) is 21.3. The van der Waals surface area contributed by atoms with Crippen LogP contribution < -0.4 is 0 Å². The highest BCUT2D eigenvalue weighted by molar-refractivity contribution is 7.55. The molecule has 1 aliphatic rings. The molecule has 1 aliphatic heterocycles. The number of hydrogen-bond donors (Lipinski definition) is 0. The third kappa shape index (κ3) is 8.29. The molecule has 0 bridgehead atoms. The van der Waals surface area contributed by atoms with Gasteiger partial charge in [0.25, 0.3) is 0 Å². The topological polar surface area (TPSA) is 66.5 Å².